The number of nitrogens with zero attached hydrogens (tertiary/aromatic N) is 2. The molecule has 0 saturated carbocycles. The molecule has 0 radical (unpaired) electrons. The van der Waals surface area contributed by atoms with Crippen LogP contribution in [0.25, 0.3) is 11.8 Å². The maximum absolute atomic E-state index is 12.2. The summed E-state index contributed by atoms with van der Waals surface area (Å²) in [4.78, 5) is 11.8. The minimum Gasteiger partial charge on any atom is -0.497 e. The molecule has 1 aromatic carbocycles. The Morgan fingerprint density at radius 3 is 2.44 bits per heavy atom. The predicted molar refractivity (Wildman–Crippen MR) is 94.4 cm³/mol. The van der Waals surface area contributed by atoms with Crippen molar-refractivity contribution in [2.24, 2.45) is 0 Å². The molecule has 0 atom stereocenters. The highest BCUT2D eigenvalue weighted by atomic mass is 19.4. The topological polar surface area (TPSA) is 67.0 Å². The number of ether oxygens (including phenoxy) is 1. The number of methoxy groups -OCH3 is 1. The molecule has 0 spiro atoms. The molecule has 0 unspecified atom stereocenters. The zero-order valence-electron chi connectivity index (χ0n) is 15.0. The van der Waals surface area contributed by atoms with Crippen molar-refractivity contribution in [1.29, 1.82) is 5.26 Å². The summed E-state index contributed by atoms with van der Waals surface area (Å²) in [7, 11) is 1.57. The summed E-state index contributed by atoms with van der Waals surface area (Å²) in [6.07, 6.45) is -3.26. The van der Waals surface area contributed by atoms with Crippen molar-refractivity contribution in [3.63, 3.8) is 0 Å². The molecule has 0 aliphatic heterocycles. The van der Waals surface area contributed by atoms with E-state index in [1.54, 1.807) is 43.6 Å². The Morgan fingerprint density at radius 2 is 1.93 bits per heavy atom. The van der Waals surface area contributed by atoms with E-state index >= 15 is 0 Å². The number of carbonyl (C=O) groups excluding carboxylic acids is 1. The number of hydrogen-bond donors (Lipinski definition) is 1. The Balaban J connectivity index is 2.34. The first-order chi connectivity index (χ1) is 12.7. The third-order valence-electron chi connectivity index (χ3n) is 3.92. The Labute approximate surface area is 154 Å². The van der Waals surface area contributed by atoms with Crippen molar-refractivity contribution in [1.82, 2.24) is 9.88 Å². The summed E-state index contributed by atoms with van der Waals surface area (Å²) in [5.74, 6) is -0.362. The van der Waals surface area contributed by atoms with Crippen molar-refractivity contribution >= 4 is 12.0 Å². The van der Waals surface area contributed by atoms with Gasteiger partial charge in [-0.05, 0) is 55.8 Å². The van der Waals surface area contributed by atoms with Gasteiger partial charge in [-0.3, -0.25) is 4.79 Å². The molecule has 142 valence electrons. The van der Waals surface area contributed by atoms with Crippen LogP contribution in [0, 0.1) is 25.2 Å². The normalized spacial score (nSPS) is 11.8. The zero-order valence-corrected chi connectivity index (χ0v) is 15.0. The number of rotatable bonds is 5. The van der Waals surface area contributed by atoms with E-state index in [1.807, 2.05) is 23.6 Å². The summed E-state index contributed by atoms with van der Waals surface area (Å²) in [6, 6.07) is 10.7. The molecule has 0 aliphatic rings. The van der Waals surface area contributed by atoms with E-state index in [0.717, 1.165) is 17.1 Å². The van der Waals surface area contributed by atoms with E-state index in [9.17, 15) is 18.0 Å². The first-order valence-electron chi connectivity index (χ1n) is 7.96. The quantitative estimate of drug-likeness (QED) is 0.638. The van der Waals surface area contributed by atoms with Crippen LogP contribution in [0.15, 0.2) is 35.9 Å². The van der Waals surface area contributed by atoms with Crippen LogP contribution < -0.4 is 10.1 Å². The highest BCUT2D eigenvalue weighted by Crippen LogP contribution is 2.24. The molecule has 1 heterocycles. The standard InChI is InChI=1S/C19H18F3N3O2/c1-12-8-14(9-15(10-23)18(26)24-11-19(20,21)22)13(2)25(12)16-4-6-17(27-3)7-5-16/h4-9H,11H2,1-3H3,(H,24,26)/b15-9+. The molecular formula is C19H18F3N3O2. The Hall–Kier alpha value is -3.21. The van der Waals surface area contributed by atoms with Crippen LogP contribution in [0.3, 0.4) is 0 Å². The molecule has 2 rings (SSSR count). The summed E-state index contributed by atoms with van der Waals surface area (Å²) >= 11 is 0. The Kier molecular flexibility index (Phi) is 5.95. The van der Waals surface area contributed by atoms with Crippen LogP contribution in [0.4, 0.5) is 13.2 Å². The van der Waals surface area contributed by atoms with Crippen LogP contribution in [0.1, 0.15) is 17.0 Å². The Morgan fingerprint density at radius 1 is 1.30 bits per heavy atom. The molecule has 5 nitrogen and oxygen atoms in total. The Bertz CT molecular complexity index is 904. The average molecular weight is 377 g/mol. The second-order valence-corrected chi connectivity index (χ2v) is 5.83. The smallest absolute Gasteiger partial charge is 0.405 e. The molecule has 0 aliphatic carbocycles. The number of hydrogen-bond acceptors (Lipinski definition) is 3. The third kappa shape index (κ3) is 4.91. The van der Waals surface area contributed by atoms with Crippen molar-refractivity contribution in [3.8, 4) is 17.5 Å². The van der Waals surface area contributed by atoms with E-state index in [2.05, 4.69) is 0 Å². The molecule has 0 fully saturated rings. The summed E-state index contributed by atoms with van der Waals surface area (Å²) in [6.45, 7) is 2.16. The van der Waals surface area contributed by atoms with Gasteiger partial charge in [-0.15, -0.1) is 0 Å². The third-order valence-corrected chi connectivity index (χ3v) is 3.92. The first-order valence-corrected chi connectivity index (χ1v) is 7.96. The molecule has 1 amide bonds. The van der Waals surface area contributed by atoms with Crippen LogP contribution in [-0.2, 0) is 4.79 Å². The molecule has 1 N–H and O–H groups in total. The van der Waals surface area contributed by atoms with Gasteiger partial charge in [0.2, 0.25) is 0 Å². The zero-order chi connectivity index (χ0) is 20.2. The van der Waals surface area contributed by atoms with Gasteiger partial charge in [0, 0.05) is 17.1 Å². The van der Waals surface area contributed by atoms with Gasteiger partial charge >= 0.3 is 6.18 Å². The number of aryl methyl sites for hydroxylation is 1. The number of nitriles is 1. The molecule has 1 aromatic heterocycles. The van der Waals surface area contributed by atoms with Crippen molar-refractivity contribution < 1.29 is 22.7 Å². The number of carbonyl (C=O) groups is 1. The van der Waals surface area contributed by atoms with Crippen molar-refractivity contribution in [3.05, 3.63) is 52.9 Å². The number of halogens is 3. The maximum atomic E-state index is 12.2. The fourth-order valence-electron chi connectivity index (χ4n) is 2.64. The maximum Gasteiger partial charge on any atom is 0.405 e. The summed E-state index contributed by atoms with van der Waals surface area (Å²) in [5.41, 5.74) is 2.62. The lowest BCUT2D eigenvalue weighted by atomic mass is 10.1. The highest BCUT2D eigenvalue weighted by molar-refractivity contribution is 6.01. The lowest BCUT2D eigenvalue weighted by molar-refractivity contribution is -0.136. The van der Waals surface area contributed by atoms with Crippen LogP contribution in [0.5, 0.6) is 5.75 Å². The van der Waals surface area contributed by atoms with Gasteiger partial charge in [-0.25, -0.2) is 0 Å². The lowest BCUT2D eigenvalue weighted by Gasteiger charge is -2.10. The van der Waals surface area contributed by atoms with Crippen LogP contribution >= 0.6 is 0 Å². The number of alkyl halides is 3. The van der Waals surface area contributed by atoms with Gasteiger partial charge in [0.25, 0.3) is 5.91 Å². The minimum absolute atomic E-state index is 0.394. The van der Waals surface area contributed by atoms with E-state index in [4.69, 9.17) is 10.00 Å². The largest absolute Gasteiger partial charge is 0.497 e. The minimum atomic E-state index is -4.54. The van der Waals surface area contributed by atoms with Gasteiger partial charge in [0.05, 0.1) is 7.11 Å². The summed E-state index contributed by atoms with van der Waals surface area (Å²) < 4.78 is 43.8. The van der Waals surface area contributed by atoms with Gasteiger partial charge in [-0.1, -0.05) is 0 Å². The SMILES string of the molecule is COc1ccc(-n2c(C)cc(/C=C(\C#N)C(=O)NCC(F)(F)F)c2C)cc1. The van der Waals surface area contributed by atoms with E-state index in [0.29, 0.717) is 11.3 Å². The van der Waals surface area contributed by atoms with Gasteiger partial charge < -0.3 is 14.6 Å². The number of nitrogens with one attached hydrogen (secondary N) is 1. The predicted octanol–water partition coefficient (Wildman–Crippen LogP) is 3.69. The summed E-state index contributed by atoms with van der Waals surface area (Å²) in [5, 5.41) is 10.9. The number of benzene rings is 1. The average Bonchev–Trinajstić information content (AvgIpc) is 2.90. The van der Waals surface area contributed by atoms with Gasteiger partial charge in [-0.2, -0.15) is 18.4 Å². The highest BCUT2D eigenvalue weighted by Gasteiger charge is 2.28. The molecule has 0 saturated heterocycles. The van der Waals surface area contributed by atoms with Crippen molar-refractivity contribution in [2.45, 2.75) is 20.0 Å². The molecule has 8 heteroatoms. The fourth-order valence-corrected chi connectivity index (χ4v) is 2.64. The molecule has 2 aromatic rings. The monoisotopic (exact) mass is 377 g/mol. The van der Waals surface area contributed by atoms with Gasteiger partial charge in [0.1, 0.15) is 23.9 Å². The van der Waals surface area contributed by atoms with E-state index in [1.165, 1.54) is 6.08 Å². The molecule has 0 bridgehead atoms. The number of aromatic nitrogens is 1. The molecular weight excluding hydrogens is 359 g/mol. The molecule has 27 heavy (non-hydrogen) atoms. The van der Waals surface area contributed by atoms with Crippen LogP contribution in [0.2, 0.25) is 0 Å². The second kappa shape index (κ2) is 7.99. The van der Waals surface area contributed by atoms with Crippen molar-refractivity contribution in [2.75, 3.05) is 13.7 Å². The second-order valence-electron chi connectivity index (χ2n) is 5.83. The van der Waals surface area contributed by atoms with E-state index in [-0.39, 0.29) is 0 Å². The van der Waals surface area contributed by atoms with Crippen LogP contribution in [-0.4, -0.2) is 30.3 Å². The number of amides is 1. The first kappa shape index (κ1) is 20.1. The fraction of sp³-hybridized carbons (Fsp3) is 0.263. The lowest BCUT2D eigenvalue weighted by Crippen LogP contribution is -2.34. The van der Waals surface area contributed by atoms with E-state index < -0.39 is 24.2 Å². The van der Waals surface area contributed by atoms with Gasteiger partial charge in [0.15, 0.2) is 0 Å².